The lowest BCUT2D eigenvalue weighted by Crippen LogP contribution is -2.07. The first-order chi connectivity index (χ1) is 4.68. The van der Waals surface area contributed by atoms with E-state index in [0.29, 0.717) is 12.8 Å². The van der Waals surface area contributed by atoms with E-state index in [1.165, 1.54) is 6.92 Å². The van der Waals surface area contributed by atoms with Crippen LogP contribution in [0.3, 0.4) is 0 Å². The van der Waals surface area contributed by atoms with Gasteiger partial charge in [-0.25, -0.2) is 0 Å². The zero-order valence-electron chi connectivity index (χ0n) is 6.39. The lowest BCUT2D eigenvalue weighted by atomic mass is 10.1. The summed E-state index contributed by atoms with van der Waals surface area (Å²) in [5.41, 5.74) is 0. The van der Waals surface area contributed by atoms with E-state index in [9.17, 15) is 9.59 Å². The Balaban J connectivity index is 3.50. The van der Waals surface area contributed by atoms with Crippen LogP contribution in [-0.2, 0) is 9.59 Å². The molecule has 2 heteroatoms. The summed E-state index contributed by atoms with van der Waals surface area (Å²) in [5.74, 6) is -0.623. The van der Waals surface area contributed by atoms with Gasteiger partial charge in [-0.3, -0.25) is 9.59 Å². The van der Waals surface area contributed by atoms with Crippen LogP contribution in [0.1, 0.15) is 26.7 Å². The molecule has 0 fully saturated rings. The van der Waals surface area contributed by atoms with Gasteiger partial charge in [0.25, 0.3) is 0 Å². The molecule has 0 rings (SSSR count). The maximum atomic E-state index is 10.6. The van der Waals surface area contributed by atoms with Crippen molar-refractivity contribution in [3.8, 4) is 0 Å². The monoisotopic (exact) mass is 140 g/mol. The number of rotatable bonds is 4. The minimum absolute atomic E-state index is 0.280. The summed E-state index contributed by atoms with van der Waals surface area (Å²) in [5, 5.41) is 0. The summed E-state index contributed by atoms with van der Waals surface area (Å²) in [7, 11) is 0. The third kappa shape index (κ3) is 4.01. The van der Waals surface area contributed by atoms with E-state index in [0.717, 1.165) is 0 Å². The molecule has 0 saturated heterocycles. The molecular formula is C8H12O2. The predicted octanol–water partition coefficient (Wildman–Crippen LogP) is 1.50. The second-order valence-corrected chi connectivity index (χ2v) is 2.09. The molecule has 0 bridgehead atoms. The maximum absolute atomic E-state index is 10.6. The molecule has 0 aliphatic carbocycles. The fourth-order valence-electron chi connectivity index (χ4n) is 0.557. The Hall–Kier alpha value is -0.920. The maximum Gasteiger partial charge on any atom is 0.198 e. The highest BCUT2D eigenvalue weighted by Gasteiger charge is 2.04. The van der Waals surface area contributed by atoms with Gasteiger partial charge in [0.15, 0.2) is 11.6 Å². The molecule has 0 unspecified atom stereocenters. The largest absolute Gasteiger partial charge is 0.291 e. The summed E-state index contributed by atoms with van der Waals surface area (Å²) in [6.07, 6.45) is 4.77. The highest BCUT2D eigenvalue weighted by Crippen LogP contribution is 1.92. The second-order valence-electron chi connectivity index (χ2n) is 2.09. The normalized spacial score (nSPS) is 10.2. The third-order valence-corrected chi connectivity index (χ3v) is 1.17. The number of Topliss-reactive ketones (excluding diaryl/α,β-unsaturated/α-hetero) is 2. The Morgan fingerprint density at radius 3 is 2.40 bits per heavy atom. The number of hydrogen-bond donors (Lipinski definition) is 0. The molecular weight excluding hydrogens is 128 g/mol. The highest BCUT2D eigenvalue weighted by atomic mass is 16.2. The van der Waals surface area contributed by atoms with Crippen LogP contribution in [0.5, 0.6) is 0 Å². The number of carbonyl (C=O) groups is 2. The van der Waals surface area contributed by atoms with Crippen molar-refractivity contribution < 1.29 is 9.59 Å². The van der Waals surface area contributed by atoms with Gasteiger partial charge in [0, 0.05) is 13.3 Å². The van der Waals surface area contributed by atoms with E-state index in [4.69, 9.17) is 0 Å². The van der Waals surface area contributed by atoms with Gasteiger partial charge in [0.05, 0.1) is 0 Å². The summed E-state index contributed by atoms with van der Waals surface area (Å²) in [4.78, 5) is 21.0. The molecule has 0 aliphatic rings. The highest BCUT2D eigenvalue weighted by molar-refractivity contribution is 6.36. The Morgan fingerprint density at radius 1 is 1.40 bits per heavy atom. The van der Waals surface area contributed by atoms with E-state index >= 15 is 0 Å². The van der Waals surface area contributed by atoms with Crippen LogP contribution in [-0.4, -0.2) is 11.6 Å². The van der Waals surface area contributed by atoms with Gasteiger partial charge in [-0.1, -0.05) is 12.2 Å². The summed E-state index contributed by atoms with van der Waals surface area (Å²) in [6.45, 7) is 3.19. The van der Waals surface area contributed by atoms with E-state index in [2.05, 4.69) is 0 Å². The Kier molecular flexibility index (Phi) is 4.46. The van der Waals surface area contributed by atoms with Gasteiger partial charge in [-0.15, -0.1) is 0 Å². The van der Waals surface area contributed by atoms with Crippen LogP contribution in [0, 0.1) is 0 Å². The Labute approximate surface area is 60.9 Å². The van der Waals surface area contributed by atoms with Gasteiger partial charge >= 0.3 is 0 Å². The number of hydrogen-bond acceptors (Lipinski definition) is 2. The molecule has 56 valence electrons. The fourth-order valence-corrected chi connectivity index (χ4v) is 0.557. The molecule has 0 heterocycles. The number of carbonyl (C=O) groups excluding carboxylic acids is 2. The second kappa shape index (κ2) is 4.91. The van der Waals surface area contributed by atoms with Crippen LogP contribution in [0.4, 0.5) is 0 Å². The van der Waals surface area contributed by atoms with Crippen molar-refractivity contribution in [2.45, 2.75) is 26.7 Å². The van der Waals surface area contributed by atoms with Gasteiger partial charge in [0.1, 0.15) is 0 Å². The lowest BCUT2D eigenvalue weighted by Gasteiger charge is -1.89. The third-order valence-electron chi connectivity index (χ3n) is 1.17. The quantitative estimate of drug-likeness (QED) is 0.438. The first-order valence-electron chi connectivity index (χ1n) is 3.33. The molecule has 0 aromatic rings. The molecule has 0 saturated carbocycles. The molecule has 0 aliphatic heterocycles. The van der Waals surface area contributed by atoms with Gasteiger partial charge in [-0.2, -0.15) is 0 Å². The van der Waals surface area contributed by atoms with E-state index in [1.807, 2.05) is 19.1 Å². The van der Waals surface area contributed by atoms with Crippen molar-refractivity contribution in [2.75, 3.05) is 0 Å². The van der Waals surface area contributed by atoms with Crippen molar-refractivity contribution in [1.82, 2.24) is 0 Å². The topological polar surface area (TPSA) is 34.1 Å². The predicted molar refractivity (Wildman–Crippen MR) is 39.7 cm³/mol. The Bertz CT molecular complexity index is 157. The fraction of sp³-hybridized carbons (Fsp3) is 0.500. The molecule has 10 heavy (non-hydrogen) atoms. The zero-order chi connectivity index (χ0) is 7.98. The number of ketones is 2. The molecule has 0 radical (unpaired) electrons. The van der Waals surface area contributed by atoms with Gasteiger partial charge in [-0.05, 0) is 13.3 Å². The van der Waals surface area contributed by atoms with E-state index in [-0.39, 0.29) is 11.6 Å². The van der Waals surface area contributed by atoms with Crippen LogP contribution < -0.4 is 0 Å². The van der Waals surface area contributed by atoms with Crippen molar-refractivity contribution >= 4 is 11.6 Å². The minimum atomic E-state index is -0.343. The van der Waals surface area contributed by atoms with E-state index < -0.39 is 0 Å². The van der Waals surface area contributed by atoms with E-state index in [1.54, 1.807) is 0 Å². The first-order valence-corrected chi connectivity index (χ1v) is 3.33. The van der Waals surface area contributed by atoms with Crippen molar-refractivity contribution in [3.05, 3.63) is 12.2 Å². The average molecular weight is 140 g/mol. The summed E-state index contributed by atoms with van der Waals surface area (Å²) in [6, 6.07) is 0. The van der Waals surface area contributed by atoms with Crippen molar-refractivity contribution in [1.29, 1.82) is 0 Å². The lowest BCUT2D eigenvalue weighted by molar-refractivity contribution is -0.135. The molecule has 0 aromatic heterocycles. The minimum Gasteiger partial charge on any atom is -0.291 e. The summed E-state index contributed by atoms with van der Waals surface area (Å²) >= 11 is 0. The van der Waals surface area contributed by atoms with Gasteiger partial charge < -0.3 is 0 Å². The standard InChI is InChI=1S/C8H12O2/c1-3-4-5-6-8(10)7(2)9/h3-4H,5-6H2,1-2H3/b4-3+. The number of allylic oxidation sites excluding steroid dienone is 2. The molecule has 0 atom stereocenters. The molecule has 0 N–H and O–H groups in total. The SMILES string of the molecule is C/C=C/CCC(=O)C(C)=O. The van der Waals surface area contributed by atoms with Crippen LogP contribution >= 0.6 is 0 Å². The van der Waals surface area contributed by atoms with Crippen LogP contribution in [0.25, 0.3) is 0 Å². The molecule has 0 aromatic carbocycles. The molecule has 0 amide bonds. The Morgan fingerprint density at radius 2 is 2.00 bits per heavy atom. The average Bonchev–Trinajstić information content (AvgIpc) is 1.88. The van der Waals surface area contributed by atoms with Crippen LogP contribution in [0.15, 0.2) is 12.2 Å². The van der Waals surface area contributed by atoms with Crippen LogP contribution in [0.2, 0.25) is 0 Å². The molecule has 0 spiro atoms. The van der Waals surface area contributed by atoms with Crippen molar-refractivity contribution in [3.63, 3.8) is 0 Å². The zero-order valence-corrected chi connectivity index (χ0v) is 6.39. The molecule has 2 nitrogen and oxygen atoms in total. The first kappa shape index (κ1) is 9.08. The van der Waals surface area contributed by atoms with Crippen molar-refractivity contribution in [2.24, 2.45) is 0 Å². The smallest absolute Gasteiger partial charge is 0.198 e. The summed E-state index contributed by atoms with van der Waals surface area (Å²) < 4.78 is 0. The van der Waals surface area contributed by atoms with Gasteiger partial charge in [0.2, 0.25) is 0 Å².